The summed E-state index contributed by atoms with van der Waals surface area (Å²) in [5.74, 6) is 0.168. The second-order valence-corrected chi connectivity index (χ2v) is 7.43. The minimum absolute atomic E-state index is 0.0950. The van der Waals surface area contributed by atoms with Gasteiger partial charge >= 0.3 is 5.97 Å². The Kier molecular flexibility index (Phi) is 4.31. The molecule has 1 aliphatic heterocycles. The molecule has 0 radical (unpaired) electrons. The van der Waals surface area contributed by atoms with Gasteiger partial charge in [-0.2, -0.15) is 5.10 Å². The highest BCUT2D eigenvalue weighted by Gasteiger charge is 2.26. The third kappa shape index (κ3) is 3.38. The highest BCUT2D eigenvalue weighted by atomic mass is 16.5. The van der Waals surface area contributed by atoms with Crippen molar-refractivity contribution in [1.29, 1.82) is 0 Å². The molecule has 6 nitrogen and oxygen atoms in total. The maximum absolute atomic E-state index is 11.1. The molecule has 5 rings (SSSR count). The molecule has 0 spiro atoms. The molecule has 4 aromatic rings. The van der Waals surface area contributed by atoms with Crippen molar-refractivity contribution >= 4 is 16.9 Å². The summed E-state index contributed by atoms with van der Waals surface area (Å²) >= 11 is 0. The molecule has 1 N–H and O–H groups in total. The van der Waals surface area contributed by atoms with Crippen LogP contribution in [0.15, 0.2) is 67.0 Å². The standard InChI is InChI=1S/C23H21N3O3/c27-23(28)14-17-8-11-25-21-7-6-20(12-18(21)13-22(17)25)29-15-16-2-4-19(5-3-16)26-10-1-9-24-26/h1-7,9-10,12-13,17H,8,11,14-15H2,(H,27,28). The molecule has 1 aliphatic rings. The van der Waals surface area contributed by atoms with Gasteiger partial charge in [-0.15, -0.1) is 0 Å². The molecular weight excluding hydrogens is 366 g/mol. The van der Waals surface area contributed by atoms with E-state index < -0.39 is 5.97 Å². The van der Waals surface area contributed by atoms with Crippen LogP contribution in [0.1, 0.15) is 30.0 Å². The van der Waals surface area contributed by atoms with E-state index in [2.05, 4.69) is 21.8 Å². The van der Waals surface area contributed by atoms with Crippen molar-refractivity contribution < 1.29 is 14.6 Å². The van der Waals surface area contributed by atoms with Crippen LogP contribution in [0, 0.1) is 0 Å². The van der Waals surface area contributed by atoms with Gasteiger partial charge in [-0.25, -0.2) is 4.68 Å². The number of aromatic nitrogens is 3. The lowest BCUT2D eigenvalue weighted by Gasteiger charge is -2.08. The third-order valence-electron chi connectivity index (χ3n) is 5.56. The number of rotatable bonds is 6. The number of fused-ring (bicyclic) bond motifs is 3. The van der Waals surface area contributed by atoms with E-state index in [4.69, 9.17) is 9.84 Å². The first kappa shape index (κ1) is 17.6. The van der Waals surface area contributed by atoms with E-state index in [1.165, 1.54) is 0 Å². The van der Waals surface area contributed by atoms with Crippen LogP contribution in [0.4, 0.5) is 0 Å². The number of aliphatic carboxylic acids is 1. The molecule has 6 heteroatoms. The van der Waals surface area contributed by atoms with Crippen LogP contribution in [-0.2, 0) is 17.9 Å². The zero-order valence-corrected chi connectivity index (χ0v) is 15.9. The fourth-order valence-electron chi connectivity index (χ4n) is 4.13. The zero-order valence-electron chi connectivity index (χ0n) is 15.9. The van der Waals surface area contributed by atoms with E-state index >= 15 is 0 Å². The molecular formula is C23H21N3O3. The first-order valence-corrected chi connectivity index (χ1v) is 9.74. The average Bonchev–Trinajstić information content (AvgIpc) is 3.44. The van der Waals surface area contributed by atoms with Crippen molar-refractivity contribution in [3.63, 3.8) is 0 Å². The van der Waals surface area contributed by atoms with Gasteiger partial charge in [0.1, 0.15) is 12.4 Å². The second-order valence-electron chi connectivity index (χ2n) is 7.43. The molecule has 146 valence electrons. The van der Waals surface area contributed by atoms with Crippen molar-refractivity contribution in [3.8, 4) is 11.4 Å². The van der Waals surface area contributed by atoms with Crippen LogP contribution >= 0.6 is 0 Å². The fraction of sp³-hybridized carbons (Fsp3) is 0.217. The summed E-state index contributed by atoms with van der Waals surface area (Å²) < 4.78 is 10.1. The Labute approximate surface area is 168 Å². The molecule has 3 heterocycles. The molecule has 0 amide bonds. The Balaban J connectivity index is 1.31. The van der Waals surface area contributed by atoms with Gasteiger partial charge in [-0.05, 0) is 54.4 Å². The van der Waals surface area contributed by atoms with Crippen LogP contribution in [0.25, 0.3) is 16.6 Å². The lowest BCUT2D eigenvalue weighted by molar-refractivity contribution is -0.137. The lowest BCUT2D eigenvalue weighted by Crippen LogP contribution is -2.02. The Morgan fingerprint density at radius 2 is 2.03 bits per heavy atom. The van der Waals surface area contributed by atoms with Crippen molar-refractivity contribution in [1.82, 2.24) is 14.3 Å². The summed E-state index contributed by atoms with van der Waals surface area (Å²) in [6.45, 7) is 1.36. The molecule has 0 saturated heterocycles. The van der Waals surface area contributed by atoms with Gasteiger partial charge < -0.3 is 14.4 Å². The van der Waals surface area contributed by atoms with Crippen molar-refractivity contribution in [2.24, 2.45) is 0 Å². The van der Waals surface area contributed by atoms with Crippen LogP contribution in [0.5, 0.6) is 5.75 Å². The Bertz CT molecular complexity index is 1160. The lowest BCUT2D eigenvalue weighted by atomic mass is 10.0. The first-order valence-electron chi connectivity index (χ1n) is 9.74. The van der Waals surface area contributed by atoms with Crippen LogP contribution in [-0.4, -0.2) is 25.4 Å². The number of ether oxygens (including phenoxy) is 1. The van der Waals surface area contributed by atoms with Gasteiger partial charge in [0.25, 0.3) is 0 Å². The Morgan fingerprint density at radius 3 is 2.79 bits per heavy atom. The number of carboxylic acids is 1. The molecule has 1 unspecified atom stereocenters. The summed E-state index contributed by atoms with van der Waals surface area (Å²) in [4.78, 5) is 11.1. The van der Waals surface area contributed by atoms with Gasteiger partial charge in [0.15, 0.2) is 0 Å². The number of benzene rings is 2. The summed E-state index contributed by atoms with van der Waals surface area (Å²) in [6, 6.07) is 18.2. The van der Waals surface area contributed by atoms with E-state index in [-0.39, 0.29) is 12.3 Å². The number of carbonyl (C=O) groups is 1. The molecule has 1 atom stereocenters. The quantitative estimate of drug-likeness (QED) is 0.533. The summed E-state index contributed by atoms with van der Waals surface area (Å²) in [5, 5.41) is 14.5. The number of hydrogen-bond acceptors (Lipinski definition) is 3. The second kappa shape index (κ2) is 7.13. The monoisotopic (exact) mass is 387 g/mol. The predicted molar refractivity (Wildman–Crippen MR) is 109 cm³/mol. The third-order valence-corrected chi connectivity index (χ3v) is 5.56. The van der Waals surface area contributed by atoms with Crippen molar-refractivity contribution in [2.75, 3.05) is 0 Å². The summed E-state index contributed by atoms with van der Waals surface area (Å²) in [6.07, 6.45) is 4.75. The van der Waals surface area contributed by atoms with Crippen molar-refractivity contribution in [2.45, 2.75) is 31.9 Å². The number of hydrogen-bond donors (Lipinski definition) is 1. The largest absolute Gasteiger partial charge is 0.489 e. The van der Waals surface area contributed by atoms with Crippen LogP contribution in [0.2, 0.25) is 0 Å². The summed E-state index contributed by atoms with van der Waals surface area (Å²) in [5.41, 5.74) is 4.36. The van der Waals surface area contributed by atoms with Gasteiger partial charge in [0, 0.05) is 41.5 Å². The van der Waals surface area contributed by atoms with Gasteiger partial charge in [0.2, 0.25) is 0 Å². The van der Waals surface area contributed by atoms with Crippen molar-refractivity contribution in [3.05, 3.63) is 78.2 Å². The number of carboxylic acid groups (broad SMARTS) is 1. The zero-order chi connectivity index (χ0) is 19.8. The molecule has 0 aliphatic carbocycles. The Hall–Kier alpha value is -3.54. The molecule has 2 aromatic carbocycles. The number of aryl methyl sites for hydroxylation is 1. The van der Waals surface area contributed by atoms with E-state index in [0.29, 0.717) is 6.61 Å². The van der Waals surface area contributed by atoms with Gasteiger partial charge in [-0.1, -0.05) is 12.1 Å². The topological polar surface area (TPSA) is 69.3 Å². The normalized spacial score (nSPS) is 15.5. The van der Waals surface area contributed by atoms with E-state index in [1.54, 1.807) is 6.20 Å². The van der Waals surface area contributed by atoms with Gasteiger partial charge in [0.05, 0.1) is 12.1 Å². The maximum atomic E-state index is 11.1. The first-order chi connectivity index (χ1) is 14.2. The minimum atomic E-state index is -0.740. The highest BCUT2D eigenvalue weighted by Crippen LogP contribution is 2.37. The highest BCUT2D eigenvalue weighted by molar-refractivity contribution is 5.83. The minimum Gasteiger partial charge on any atom is -0.489 e. The maximum Gasteiger partial charge on any atom is 0.304 e. The average molecular weight is 387 g/mol. The summed E-state index contributed by atoms with van der Waals surface area (Å²) in [7, 11) is 0. The molecule has 2 aromatic heterocycles. The molecule has 0 fully saturated rings. The predicted octanol–water partition coefficient (Wildman–Crippen LogP) is 4.37. The smallest absolute Gasteiger partial charge is 0.304 e. The van der Waals surface area contributed by atoms with Crippen LogP contribution in [0.3, 0.4) is 0 Å². The Morgan fingerprint density at radius 1 is 1.17 bits per heavy atom. The SMILES string of the molecule is O=C(O)CC1CCn2c1cc1cc(OCc3ccc(-n4cccn4)cc3)ccc12. The van der Waals surface area contributed by atoms with E-state index in [9.17, 15) is 4.79 Å². The molecule has 0 bridgehead atoms. The molecule has 29 heavy (non-hydrogen) atoms. The number of nitrogens with zero attached hydrogens (tertiary/aromatic N) is 3. The van der Waals surface area contributed by atoms with Crippen LogP contribution < -0.4 is 4.74 Å². The van der Waals surface area contributed by atoms with E-state index in [1.807, 2.05) is 53.3 Å². The van der Waals surface area contributed by atoms with Gasteiger partial charge in [-0.3, -0.25) is 4.79 Å². The molecule has 0 saturated carbocycles. The fourth-order valence-corrected chi connectivity index (χ4v) is 4.13. The van der Waals surface area contributed by atoms with E-state index in [0.717, 1.165) is 46.6 Å².